The molecule has 0 unspecified atom stereocenters. The zero-order valence-electron chi connectivity index (χ0n) is 10.8. The fourth-order valence-corrected chi connectivity index (χ4v) is 2.78. The summed E-state index contributed by atoms with van der Waals surface area (Å²) in [5, 5.41) is 9.69. The second-order valence-corrected chi connectivity index (χ2v) is 5.44. The zero-order chi connectivity index (χ0) is 13.8. The van der Waals surface area contributed by atoms with Crippen molar-refractivity contribution in [2.75, 3.05) is 18.0 Å². The summed E-state index contributed by atoms with van der Waals surface area (Å²) in [5.41, 5.74) is 7.04. The van der Waals surface area contributed by atoms with E-state index in [0.29, 0.717) is 17.4 Å². The Morgan fingerprint density at radius 2 is 2.11 bits per heavy atom. The van der Waals surface area contributed by atoms with Gasteiger partial charge >= 0.3 is 0 Å². The number of hydrogen-bond donors (Lipinski definition) is 2. The van der Waals surface area contributed by atoms with Gasteiger partial charge in [-0.3, -0.25) is 4.79 Å². The number of benzene rings is 1. The van der Waals surface area contributed by atoms with Crippen molar-refractivity contribution in [2.45, 2.75) is 25.9 Å². The number of aliphatic hydroxyl groups excluding tert-OH is 1. The minimum absolute atomic E-state index is 0.0419. The van der Waals surface area contributed by atoms with Gasteiger partial charge in [0, 0.05) is 30.2 Å². The highest BCUT2D eigenvalue weighted by atomic mass is 35.5. The van der Waals surface area contributed by atoms with Crippen molar-refractivity contribution in [2.24, 2.45) is 11.7 Å². The van der Waals surface area contributed by atoms with Crippen molar-refractivity contribution >= 4 is 23.2 Å². The van der Waals surface area contributed by atoms with Crippen LogP contribution in [0.5, 0.6) is 0 Å². The Morgan fingerprint density at radius 1 is 1.42 bits per heavy atom. The van der Waals surface area contributed by atoms with Gasteiger partial charge in [-0.05, 0) is 36.5 Å². The van der Waals surface area contributed by atoms with Gasteiger partial charge in [0.15, 0.2) is 0 Å². The van der Waals surface area contributed by atoms with Crippen LogP contribution in [-0.4, -0.2) is 24.1 Å². The fourth-order valence-electron chi connectivity index (χ4n) is 2.54. The zero-order valence-corrected chi connectivity index (χ0v) is 11.6. The first-order valence-corrected chi connectivity index (χ1v) is 6.90. The molecule has 0 atom stereocenters. The van der Waals surface area contributed by atoms with Crippen molar-refractivity contribution in [3.63, 3.8) is 0 Å². The largest absolute Gasteiger partial charge is 0.392 e. The monoisotopic (exact) mass is 282 g/mol. The Bertz CT molecular complexity index is 457. The van der Waals surface area contributed by atoms with Crippen molar-refractivity contribution in [1.82, 2.24) is 0 Å². The summed E-state index contributed by atoms with van der Waals surface area (Å²) in [5.74, 6) is 0.190. The first-order chi connectivity index (χ1) is 9.10. The normalized spacial score (nSPS) is 16.6. The number of amides is 1. The van der Waals surface area contributed by atoms with Crippen LogP contribution < -0.4 is 10.6 Å². The third kappa shape index (κ3) is 3.61. The molecule has 104 valence electrons. The maximum absolute atomic E-state index is 10.9. The van der Waals surface area contributed by atoms with E-state index >= 15 is 0 Å². The Kier molecular flexibility index (Phi) is 4.66. The number of carbonyl (C=O) groups excluding carboxylic acids is 1. The number of halogens is 1. The number of rotatable bonds is 4. The highest BCUT2D eigenvalue weighted by Gasteiger charge is 2.21. The second-order valence-electron chi connectivity index (χ2n) is 5.03. The fraction of sp³-hybridized carbons (Fsp3) is 0.500. The number of nitrogens with two attached hydrogens (primary N) is 1. The molecule has 1 aliphatic heterocycles. The molecular weight excluding hydrogens is 264 g/mol. The molecule has 4 nitrogen and oxygen atoms in total. The molecule has 1 aromatic rings. The van der Waals surface area contributed by atoms with E-state index in [0.717, 1.165) is 37.2 Å². The van der Waals surface area contributed by atoms with Gasteiger partial charge < -0.3 is 15.7 Å². The lowest BCUT2D eigenvalue weighted by molar-refractivity contribution is -0.119. The molecule has 0 aromatic heterocycles. The predicted molar refractivity (Wildman–Crippen MR) is 76.1 cm³/mol. The van der Waals surface area contributed by atoms with Crippen molar-refractivity contribution < 1.29 is 9.90 Å². The van der Waals surface area contributed by atoms with Gasteiger partial charge in [0.05, 0.1) is 6.61 Å². The number of carbonyl (C=O) groups is 1. The van der Waals surface area contributed by atoms with Crippen molar-refractivity contribution in [3.05, 3.63) is 28.8 Å². The van der Waals surface area contributed by atoms with Gasteiger partial charge in [0.1, 0.15) is 0 Å². The average Bonchev–Trinajstić information content (AvgIpc) is 2.39. The van der Waals surface area contributed by atoms with Gasteiger partial charge in [-0.1, -0.05) is 17.7 Å². The average molecular weight is 283 g/mol. The number of anilines is 1. The minimum Gasteiger partial charge on any atom is -0.392 e. The topological polar surface area (TPSA) is 66.6 Å². The highest BCUT2D eigenvalue weighted by molar-refractivity contribution is 6.31. The van der Waals surface area contributed by atoms with E-state index in [1.165, 1.54) is 0 Å². The van der Waals surface area contributed by atoms with Crippen LogP contribution in [0.4, 0.5) is 5.69 Å². The smallest absolute Gasteiger partial charge is 0.217 e. The number of nitrogens with zero attached hydrogens (tertiary/aromatic N) is 1. The van der Waals surface area contributed by atoms with Gasteiger partial charge in [-0.2, -0.15) is 0 Å². The lowest BCUT2D eigenvalue weighted by Crippen LogP contribution is -2.35. The standard InChI is InChI=1S/C14H19ClN2O2/c15-13-8-12(2-1-11(13)9-18)17-5-3-10(4-6-17)7-14(16)19/h1-2,8,10,18H,3-7,9H2,(H2,16,19). The number of primary amides is 1. The molecule has 0 spiro atoms. The summed E-state index contributed by atoms with van der Waals surface area (Å²) in [6.45, 7) is 1.78. The van der Waals surface area contributed by atoms with Gasteiger partial charge in [-0.25, -0.2) is 0 Å². The van der Waals surface area contributed by atoms with E-state index in [-0.39, 0.29) is 12.5 Å². The van der Waals surface area contributed by atoms with E-state index in [1.54, 1.807) is 0 Å². The summed E-state index contributed by atoms with van der Waals surface area (Å²) < 4.78 is 0. The van der Waals surface area contributed by atoms with Crippen LogP contribution in [0.25, 0.3) is 0 Å². The summed E-state index contributed by atoms with van der Waals surface area (Å²) in [6.07, 6.45) is 2.43. The van der Waals surface area contributed by atoms with Gasteiger partial charge in [0.25, 0.3) is 0 Å². The summed E-state index contributed by atoms with van der Waals surface area (Å²) in [7, 11) is 0. The lowest BCUT2D eigenvalue weighted by atomic mass is 9.93. The van der Waals surface area contributed by atoms with E-state index < -0.39 is 0 Å². The molecule has 0 radical (unpaired) electrons. The van der Waals surface area contributed by atoms with Crippen LogP contribution in [0.3, 0.4) is 0 Å². The molecule has 1 amide bonds. The van der Waals surface area contributed by atoms with Crippen molar-refractivity contribution in [1.29, 1.82) is 0 Å². The molecule has 1 saturated heterocycles. The van der Waals surface area contributed by atoms with Crippen LogP contribution >= 0.6 is 11.6 Å². The summed E-state index contributed by atoms with van der Waals surface area (Å²) in [4.78, 5) is 13.2. The molecule has 0 bridgehead atoms. The third-order valence-electron chi connectivity index (χ3n) is 3.68. The molecule has 5 heteroatoms. The number of aliphatic hydroxyl groups is 1. The lowest BCUT2D eigenvalue weighted by Gasteiger charge is -2.33. The predicted octanol–water partition coefficient (Wildman–Crippen LogP) is 1.92. The molecule has 1 heterocycles. The number of hydrogen-bond acceptors (Lipinski definition) is 3. The molecule has 2 rings (SSSR count). The molecule has 1 aliphatic rings. The Hall–Kier alpha value is -1.26. The number of piperidine rings is 1. The van der Waals surface area contributed by atoms with Crippen LogP contribution in [0.1, 0.15) is 24.8 Å². The Morgan fingerprint density at radius 3 is 2.63 bits per heavy atom. The van der Waals surface area contributed by atoms with E-state index in [2.05, 4.69) is 4.90 Å². The quantitative estimate of drug-likeness (QED) is 0.887. The second kappa shape index (κ2) is 6.26. The first kappa shape index (κ1) is 14.2. The molecule has 0 saturated carbocycles. The third-order valence-corrected chi connectivity index (χ3v) is 4.03. The Labute approximate surface area is 118 Å². The molecule has 1 fully saturated rings. The van der Waals surface area contributed by atoms with E-state index in [1.807, 2.05) is 18.2 Å². The highest BCUT2D eigenvalue weighted by Crippen LogP contribution is 2.28. The molecule has 19 heavy (non-hydrogen) atoms. The van der Waals surface area contributed by atoms with Gasteiger partial charge in [0.2, 0.25) is 5.91 Å². The first-order valence-electron chi connectivity index (χ1n) is 6.52. The molecule has 1 aromatic carbocycles. The van der Waals surface area contributed by atoms with E-state index in [4.69, 9.17) is 22.4 Å². The summed E-state index contributed by atoms with van der Waals surface area (Å²) in [6, 6.07) is 5.72. The molecule has 3 N–H and O–H groups in total. The molecule has 0 aliphatic carbocycles. The Balaban J connectivity index is 1.97. The van der Waals surface area contributed by atoms with Crippen molar-refractivity contribution in [3.8, 4) is 0 Å². The maximum Gasteiger partial charge on any atom is 0.217 e. The SMILES string of the molecule is NC(=O)CC1CCN(c2ccc(CO)c(Cl)c2)CC1. The van der Waals surface area contributed by atoms with Gasteiger partial charge in [-0.15, -0.1) is 0 Å². The van der Waals surface area contributed by atoms with Crippen LogP contribution in [-0.2, 0) is 11.4 Å². The van der Waals surface area contributed by atoms with Crippen LogP contribution in [0, 0.1) is 5.92 Å². The van der Waals surface area contributed by atoms with Crippen LogP contribution in [0.2, 0.25) is 5.02 Å². The minimum atomic E-state index is -0.214. The van der Waals surface area contributed by atoms with E-state index in [9.17, 15) is 4.79 Å². The molecular formula is C14H19ClN2O2. The van der Waals surface area contributed by atoms with Crippen LogP contribution in [0.15, 0.2) is 18.2 Å². The maximum atomic E-state index is 10.9. The summed E-state index contributed by atoms with van der Waals surface area (Å²) >= 11 is 6.10.